The van der Waals surface area contributed by atoms with Crippen LogP contribution in [0.1, 0.15) is 59.2 Å². The summed E-state index contributed by atoms with van der Waals surface area (Å²) in [6, 6.07) is 2.56. The molecule has 1 aromatic rings. The van der Waals surface area contributed by atoms with E-state index < -0.39 is 11.7 Å². The van der Waals surface area contributed by atoms with Gasteiger partial charge in [-0.3, -0.25) is 4.79 Å². The second-order valence-corrected chi connectivity index (χ2v) is 5.40. The summed E-state index contributed by atoms with van der Waals surface area (Å²) in [5, 5.41) is 18.6. The molecule has 2 rings (SSSR count). The van der Waals surface area contributed by atoms with E-state index in [0.29, 0.717) is 12.3 Å². The van der Waals surface area contributed by atoms with Crippen LogP contribution in [0.2, 0.25) is 0 Å². The minimum atomic E-state index is -1.29. The molecule has 20 heavy (non-hydrogen) atoms. The van der Waals surface area contributed by atoms with E-state index >= 15 is 0 Å². The number of carboxylic acids is 1. The largest absolute Gasteiger partial charge is 0.505 e. The van der Waals surface area contributed by atoms with Crippen LogP contribution in [-0.4, -0.2) is 22.0 Å². The molecule has 0 spiro atoms. The Kier molecular flexibility index (Phi) is 4.27. The molecule has 0 radical (unpaired) electrons. The van der Waals surface area contributed by atoms with Crippen LogP contribution in [0.25, 0.3) is 0 Å². The lowest BCUT2D eigenvalue weighted by molar-refractivity contribution is 0.0694. The molecule has 0 aromatic heterocycles. The van der Waals surface area contributed by atoms with Crippen molar-refractivity contribution >= 4 is 17.4 Å². The van der Waals surface area contributed by atoms with Gasteiger partial charge in [-0.15, -0.1) is 0 Å². The topological polar surface area (TPSA) is 101 Å². The third kappa shape index (κ3) is 3.10. The Labute approximate surface area is 117 Å². The van der Waals surface area contributed by atoms with Gasteiger partial charge in [0.15, 0.2) is 11.5 Å². The summed E-state index contributed by atoms with van der Waals surface area (Å²) in [6.45, 7) is 0. The number of carboxylic acid groups (broad SMARTS) is 1. The van der Waals surface area contributed by atoms with Crippen molar-refractivity contribution in [2.75, 3.05) is 5.73 Å². The Morgan fingerprint density at radius 3 is 2.45 bits per heavy atom. The molecule has 0 atom stereocenters. The van der Waals surface area contributed by atoms with E-state index in [9.17, 15) is 14.7 Å². The summed E-state index contributed by atoms with van der Waals surface area (Å²) >= 11 is 0. The van der Waals surface area contributed by atoms with Crippen LogP contribution < -0.4 is 5.73 Å². The predicted molar refractivity (Wildman–Crippen MR) is 75.0 cm³/mol. The molecule has 0 saturated heterocycles. The summed E-state index contributed by atoms with van der Waals surface area (Å²) in [6.07, 6.45) is 6.03. The van der Waals surface area contributed by atoms with E-state index in [1.54, 1.807) is 0 Å². The van der Waals surface area contributed by atoms with Crippen molar-refractivity contribution in [2.45, 2.75) is 38.5 Å². The number of phenols is 1. The standard InChI is InChI=1S/C15H19NO4/c16-12-8-10(7-11(14(12)18)15(19)20)13(17)6-9-4-2-1-3-5-9/h7-9,18H,1-6,16H2,(H,19,20). The number of hydrogen-bond donors (Lipinski definition) is 3. The number of aromatic carboxylic acids is 1. The molecular weight excluding hydrogens is 258 g/mol. The Balaban J connectivity index is 2.19. The predicted octanol–water partition coefficient (Wildman–Crippen LogP) is 2.83. The molecule has 0 heterocycles. The van der Waals surface area contributed by atoms with Crippen molar-refractivity contribution in [2.24, 2.45) is 5.92 Å². The molecule has 0 unspecified atom stereocenters. The number of hydrogen-bond acceptors (Lipinski definition) is 4. The summed E-state index contributed by atoms with van der Waals surface area (Å²) in [5.41, 5.74) is 5.44. The smallest absolute Gasteiger partial charge is 0.339 e. The number of nitrogens with two attached hydrogens (primary N) is 1. The summed E-state index contributed by atoms with van der Waals surface area (Å²) < 4.78 is 0. The van der Waals surface area contributed by atoms with Gasteiger partial charge in [0, 0.05) is 12.0 Å². The highest BCUT2D eigenvalue weighted by atomic mass is 16.4. The van der Waals surface area contributed by atoms with Gasteiger partial charge in [0.25, 0.3) is 0 Å². The van der Waals surface area contributed by atoms with Gasteiger partial charge in [0.2, 0.25) is 0 Å². The van der Waals surface area contributed by atoms with Gasteiger partial charge in [0.05, 0.1) is 5.69 Å². The fraction of sp³-hybridized carbons (Fsp3) is 0.467. The van der Waals surface area contributed by atoms with Crippen LogP contribution in [0, 0.1) is 5.92 Å². The zero-order chi connectivity index (χ0) is 14.7. The van der Waals surface area contributed by atoms with E-state index in [1.807, 2.05) is 0 Å². The highest BCUT2D eigenvalue weighted by Gasteiger charge is 2.21. The Hall–Kier alpha value is -2.04. The number of carbonyl (C=O) groups is 2. The van der Waals surface area contributed by atoms with Gasteiger partial charge in [-0.25, -0.2) is 4.79 Å². The number of ketones is 1. The monoisotopic (exact) mass is 277 g/mol. The van der Waals surface area contributed by atoms with Gasteiger partial charge < -0.3 is 15.9 Å². The number of anilines is 1. The van der Waals surface area contributed by atoms with E-state index in [2.05, 4.69) is 0 Å². The van der Waals surface area contributed by atoms with Gasteiger partial charge in [-0.05, 0) is 18.1 Å². The molecule has 5 heteroatoms. The quantitative estimate of drug-likeness (QED) is 0.446. The maximum Gasteiger partial charge on any atom is 0.339 e. The lowest BCUT2D eigenvalue weighted by Crippen LogP contribution is -2.13. The van der Waals surface area contributed by atoms with Crippen LogP contribution in [0.5, 0.6) is 5.75 Å². The highest BCUT2D eigenvalue weighted by molar-refractivity contribution is 6.02. The SMILES string of the molecule is Nc1cc(C(=O)CC2CCCCC2)cc(C(=O)O)c1O. The van der Waals surface area contributed by atoms with Crippen molar-refractivity contribution in [3.05, 3.63) is 23.3 Å². The molecule has 5 nitrogen and oxygen atoms in total. The first-order valence-corrected chi connectivity index (χ1v) is 6.88. The fourth-order valence-corrected chi connectivity index (χ4v) is 2.75. The molecule has 4 N–H and O–H groups in total. The van der Waals surface area contributed by atoms with Crippen molar-refractivity contribution in [1.29, 1.82) is 0 Å². The number of Topliss-reactive ketones (excluding diaryl/α,β-unsaturated/α-hetero) is 1. The first kappa shape index (κ1) is 14.4. The Bertz CT molecular complexity index is 533. The van der Waals surface area contributed by atoms with Gasteiger partial charge in [0.1, 0.15) is 5.56 Å². The van der Waals surface area contributed by atoms with Crippen LogP contribution >= 0.6 is 0 Å². The molecule has 0 amide bonds. The number of rotatable bonds is 4. The number of nitrogen functional groups attached to an aromatic ring is 1. The first-order valence-electron chi connectivity index (χ1n) is 6.88. The summed E-state index contributed by atoms with van der Waals surface area (Å²) in [7, 11) is 0. The first-order chi connectivity index (χ1) is 9.49. The second kappa shape index (κ2) is 5.94. The van der Waals surface area contributed by atoms with Crippen molar-refractivity contribution in [3.63, 3.8) is 0 Å². The van der Waals surface area contributed by atoms with Gasteiger partial charge in [-0.2, -0.15) is 0 Å². The zero-order valence-electron chi connectivity index (χ0n) is 11.3. The van der Waals surface area contributed by atoms with Crippen molar-refractivity contribution in [1.82, 2.24) is 0 Å². The Morgan fingerprint density at radius 2 is 1.85 bits per heavy atom. The minimum absolute atomic E-state index is 0.0723. The minimum Gasteiger partial charge on any atom is -0.505 e. The van der Waals surface area contributed by atoms with Gasteiger partial charge >= 0.3 is 5.97 Å². The average Bonchev–Trinajstić information content (AvgIpc) is 2.42. The number of carbonyl (C=O) groups excluding carboxylic acids is 1. The van der Waals surface area contributed by atoms with E-state index in [4.69, 9.17) is 10.8 Å². The number of benzene rings is 1. The fourth-order valence-electron chi connectivity index (χ4n) is 2.75. The molecule has 1 aliphatic carbocycles. The molecule has 1 aliphatic rings. The lowest BCUT2D eigenvalue weighted by atomic mass is 9.84. The summed E-state index contributed by atoms with van der Waals surface area (Å²) in [5.74, 6) is -1.50. The van der Waals surface area contributed by atoms with Crippen molar-refractivity contribution < 1.29 is 19.8 Å². The summed E-state index contributed by atoms with van der Waals surface area (Å²) in [4.78, 5) is 23.2. The van der Waals surface area contributed by atoms with E-state index in [1.165, 1.54) is 18.6 Å². The highest BCUT2D eigenvalue weighted by Crippen LogP contribution is 2.30. The maximum absolute atomic E-state index is 12.2. The molecule has 0 aliphatic heterocycles. The maximum atomic E-state index is 12.2. The molecule has 1 aromatic carbocycles. The van der Waals surface area contributed by atoms with E-state index in [-0.39, 0.29) is 22.6 Å². The molecule has 1 fully saturated rings. The van der Waals surface area contributed by atoms with Crippen LogP contribution in [0.3, 0.4) is 0 Å². The van der Waals surface area contributed by atoms with Gasteiger partial charge in [-0.1, -0.05) is 32.1 Å². The molecule has 0 bridgehead atoms. The zero-order valence-corrected chi connectivity index (χ0v) is 11.3. The Morgan fingerprint density at radius 1 is 1.20 bits per heavy atom. The lowest BCUT2D eigenvalue weighted by Gasteiger charge is -2.20. The molecular formula is C15H19NO4. The third-order valence-corrected chi connectivity index (χ3v) is 3.89. The molecule has 1 saturated carbocycles. The van der Waals surface area contributed by atoms with Crippen LogP contribution in [0.4, 0.5) is 5.69 Å². The van der Waals surface area contributed by atoms with Crippen molar-refractivity contribution in [3.8, 4) is 5.75 Å². The van der Waals surface area contributed by atoms with Crippen LogP contribution in [-0.2, 0) is 0 Å². The normalized spacial score (nSPS) is 16.0. The van der Waals surface area contributed by atoms with Crippen LogP contribution in [0.15, 0.2) is 12.1 Å². The third-order valence-electron chi connectivity index (χ3n) is 3.89. The molecule has 108 valence electrons. The second-order valence-electron chi connectivity index (χ2n) is 5.40. The average molecular weight is 277 g/mol. The number of aromatic hydroxyl groups is 1. The van der Waals surface area contributed by atoms with E-state index in [0.717, 1.165) is 25.7 Å².